The fourth-order valence-corrected chi connectivity index (χ4v) is 7.88. The number of benzene rings is 4. The Kier molecular flexibility index (Phi) is 13.3. The molecule has 4 nitrogen and oxygen atoms in total. The summed E-state index contributed by atoms with van der Waals surface area (Å²) < 4.78 is 26.9. The molecule has 5 heteroatoms. The fraction of sp³-hybridized carbons (Fsp3) is 0.409. The Bertz CT molecular complexity index is 1450. The highest BCUT2D eigenvalue weighted by Gasteiger charge is 2.45. The van der Waals surface area contributed by atoms with E-state index in [-0.39, 0.29) is 35.0 Å². The summed E-state index contributed by atoms with van der Waals surface area (Å²) in [6.07, 6.45) is 1.77. The summed E-state index contributed by atoms with van der Waals surface area (Å²) in [5, 5.41) is 0.0386. The normalized spacial score (nSPS) is 15.5. The predicted octanol–water partition coefficient (Wildman–Crippen LogP) is 11.1. The first-order valence-corrected chi connectivity index (χ1v) is 20.6. The van der Waals surface area contributed by atoms with Gasteiger partial charge < -0.3 is 18.6 Å². The quantitative estimate of drug-likeness (QED) is 0.0633. The van der Waals surface area contributed by atoms with Crippen LogP contribution in [0, 0.1) is 17.8 Å². The van der Waals surface area contributed by atoms with Gasteiger partial charge in [-0.05, 0) is 52.5 Å². The van der Waals surface area contributed by atoms with Crippen molar-refractivity contribution in [3.63, 3.8) is 0 Å². The largest absolute Gasteiger partial charge is 0.497 e. The van der Waals surface area contributed by atoms with E-state index in [9.17, 15) is 0 Å². The van der Waals surface area contributed by atoms with Crippen LogP contribution in [0.5, 0.6) is 5.75 Å². The Balaban J connectivity index is 1.73. The predicted molar refractivity (Wildman–Crippen MR) is 206 cm³/mol. The smallest absolute Gasteiger partial charge is 0.192 e. The SMILES string of the molecule is C=C[C@H](C)[C@H](OCc1ccc(OC)cc1)[C@@H](C)[C@H](O[Si](C)(C)C(C)(C)C)[C@@H](C)COC(c1ccccc1)(c1ccccc1)c1ccccc1. The molecule has 0 aliphatic heterocycles. The zero-order valence-corrected chi connectivity index (χ0v) is 32.2. The Morgan fingerprint density at radius 1 is 0.694 bits per heavy atom. The van der Waals surface area contributed by atoms with Crippen LogP contribution in [0.4, 0.5) is 0 Å². The van der Waals surface area contributed by atoms with Crippen LogP contribution in [0.2, 0.25) is 18.1 Å². The van der Waals surface area contributed by atoms with Crippen LogP contribution in [0.15, 0.2) is 128 Å². The van der Waals surface area contributed by atoms with E-state index in [1.165, 1.54) is 0 Å². The summed E-state index contributed by atoms with van der Waals surface area (Å²) in [5.41, 5.74) is 3.58. The summed E-state index contributed by atoms with van der Waals surface area (Å²) >= 11 is 0. The van der Waals surface area contributed by atoms with E-state index < -0.39 is 13.9 Å². The molecule has 4 aromatic rings. The molecule has 0 bridgehead atoms. The minimum Gasteiger partial charge on any atom is -0.497 e. The summed E-state index contributed by atoms with van der Waals surface area (Å²) in [6, 6.07) is 39.9. The summed E-state index contributed by atoms with van der Waals surface area (Å²) in [5.74, 6) is 1.05. The maximum absolute atomic E-state index is 7.39. The number of methoxy groups -OCH3 is 1. The van der Waals surface area contributed by atoms with E-state index in [2.05, 4.69) is 164 Å². The van der Waals surface area contributed by atoms with Crippen LogP contribution in [-0.2, 0) is 26.1 Å². The standard InChI is InChI=1S/C44H58O4Si/c1-11-33(2)41(46-32-36-27-29-40(45-8)30-28-36)35(4)42(48-49(9,10)43(5,6)7)34(3)31-47-44(37-21-15-12-16-22-37,38-23-17-13-18-24-38)39-25-19-14-20-26-39/h11-30,33-35,41-42H,1,31-32H2,2-10H3/t33-,34-,35+,41-,42+/m0/s1. The lowest BCUT2D eigenvalue weighted by Crippen LogP contribution is -2.51. The van der Waals surface area contributed by atoms with Gasteiger partial charge in [0, 0.05) is 17.8 Å². The second-order valence-corrected chi connectivity index (χ2v) is 19.7. The number of hydrogen-bond acceptors (Lipinski definition) is 4. The molecule has 0 radical (unpaired) electrons. The second-order valence-electron chi connectivity index (χ2n) is 15.0. The van der Waals surface area contributed by atoms with Gasteiger partial charge in [-0.15, -0.1) is 6.58 Å². The van der Waals surface area contributed by atoms with Gasteiger partial charge in [-0.25, -0.2) is 0 Å². The van der Waals surface area contributed by atoms with Crippen LogP contribution < -0.4 is 4.74 Å². The van der Waals surface area contributed by atoms with Crippen molar-refractivity contribution in [1.82, 2.24) is 0 Å². The molecule has 0 N–H and O–H groups in total. The molecular formula is C44H58O4Si. The van der Waals surface area contributed by atoms with Crippen molar-refractivity contribution in [3.05, 3.63) is 150 Å². The van der Waals surface area contributed by atoms with Crippen molar-refractivity contribution in [1.29, 1.82) is 0 Å². The van der Waals surface area contributed by atoms with Gasteiger partial charge in [-0.3, -0.25) is 0 Å². The first-order valence-electron chi connectivity index (χ1n) is 17.7. The number of rotatable bonds is 17. The fourth-order valence-electron chi connectivity index (χ4n) is 6.40. The van der Waals surface area contributed by atoms with E-state index >= 15 is 0 Å². The Morgan fingerprint density at radius 3 is 1.57 bits per heavy atom. The molecule has 0 heterocycles. The van der Waals surface area contributed by atoms with Crippen molar-refractivity contribution in [2.75, 3.05) is 13.7 Å². The van der Waals surface area contributed by atoms with Crippen molar-refractivity contribution >= 4 is 8.32 Å². The zero-order valence-electron chi connectivity index (χ0n) is 31.2. The number of hydrogen-bond donors (Lipinski definition) is 0. The maximum Gasteiger partial charge on any atom is 0.192 e. The lowest BCUT2D eigenvalue weighted by atomic mass is 9.79. The number of ether oxygens (including phenoxy) is 3. The van der Waals surface area contributed by atoms with Crippen molar-refractivity contribution in [2.24, 2.45) is 17.8 Å². The average Bonchev–Trinajstić information content (AvgIpc) is 3.11. The maximum atomic E-state index is 7.39. The lowest BCUT2D eigenvalue weighted by Gasteiger charge is -2.45. The minimum absolute atomic E-state index is 0.0386. The van der Waals surface area contributed by atoms with Gasteiger partial charge in [0.1, 0.15) is 11.4 Å². The van der Waals surface area contributed by atoms with Crippen LogP contribution in [0.25, 0.3) is 0 Å². The molecule has 0 aliphatic carbocycles. The Labute approximate surface area is 297 Å². The van der Waals surface area contributed by atoms with E-state index in [1.807, 2.05) is 18.2 Å². The minimum atomic E-state index is -2.20. The highest BCUT2D eigenvalue weighted by molar-refractivity contribution is 6.74. The zero-order chi connectivity index (χ0) is 35.7. The third-order valence-corrected chi connectivity index (χ3v) is 14.9. The molecule has 49 heavy (non-hydrogen) atoms. The molecule has 0 saturated heterocycles. The molecule has 4 rings (SSSR count). The van der Waals surface area contributed by atoms with Gasteiger partial charge in [-0.2, -0.15) is 0 Å². The third-order valence-electron chi connectivity index (χ3n) is 10.4. The molecule has 0 unspecified atom stereocenters. The third kappa shape index (κ3) is 9.20. The molecule has 5 atom stereocenters. The molecule has 4 aromatic carbocycles. The molecule has 0 saturated carbocycles. The second kappa shape index (κ2) is 17.0. The van der Waals surface area contributed by atoms with Crippen LogP contribution in [-0.4, -0.2) is 34.2 Å². The first kappa shape index (κ1) is 38.3. The van der Waals surface area contributed by atoms with Crippen LogP contribution in [0.1, 0.15) is 63.8 Å². The Morgan fingerprint density at radius 2 is 1.16 bits per heavy atom. The molecule has 0 amide bonds. The lowest BCUT2D eigenvalue weighted by molar-refractivity contribution is -0.0856. The van der Waals surface area contributed by atoms with Crippen LogP contribution in [0.3, 0.4) is 0 Å². The molecule has 0 aliphatic rings. The van der Waals surface area contributed by atoms with Crippen molar-refractivity contribution in [3.8, 4) is 5.75 Å². The molecular weight excluding hydrogens is 621 g/mol. The van der Waals surface area contributed by atoms with Gasteiger partial charge in [0.05, 0.1) is 32.5 Å². The summed E-state index contributed by atoms with van der Waals surface area (Å²) in [4.78, 5) is 0. The Hall–Kier alpha value is -3.48. The van der Waals surface area contributed by atoms with Gasteiger partial charge in [0.2, 0.25) is 0 Å². The summed E-state index contributed by atoms with van der Waals surface area (Å²) in [6.45, 7) is 23.5. The molecule has 262 valence electrons. The van der Waals surface area contributed by atoms with Gasteiger partial charge >= 0.3 is 0 Å². The van der Waals surface area contributed by atoms with Gasteiger partial charge in [0.15, 0.2) is 8.32 Å². The molecule has 0 aromatic heterocycles. The van der Waals surface area contributed by atoms with Crippen molar-refractivity contribution < 1.29 is 18.6 Å². The van der Waals surface area contributed by atoms with Crippen molar-refractivity contribution in [2.45, 2.75) is 84.1 Å². The highest BCUT2D eigenvalue weighted by Crippen LogP contribution is 2.43. The average molecular weight is 679 g/mol. The van der Waals surface area contributed by atoms with E-state index in [4.69, 9.17) is 18.6 Å². The van der Waals surface area contributed by atoms with Gasteiger partial charge in [-0.1, -0.05) is 151 Å². The van der Waals surface area contributed by atoms with E-state index in [0.29, 0.717) is 13.2 Å². The van der Waals surface area contributed by atoms with E-state index in [0.717, 1.165) is 28.0 Å². The van der Waals surface area contributed by atoms with Crippen LogP contribution >= 0.6 is 0 Å². The first-order chi connectivity index (χ1) is 23.3. The van der Waals surface area contributed by atoms with Gasteiger partial charge in [0.25, 0.3) is 0 Å². The topological polar surface area (TPSA) is 36.9 Å². The summed E-state index contributed by atoms with van der Waals surface area (Å²) in [7, 11) is -0.513. The highest BCUT2D eigenvalue weighted by atomic mass is 28.4. The molecule has 0 fully saturated rings. The molecule has 0 spiro atoms. The monoisotopic (exact) mass is 678 g/mol. The van der Waals surface area contributed by atoms with E-state index in [1.54, 1.807) is 7.11 Å².